The van der Waals surface area contributed by atoms with Gasteiger partial charge in [-0.05, 0) is 12.0 Å². The fraction of sp³-hybridized carbons (Fsp3) is 0.250. The minimum absolute atomic E-state index is 0.157. The summed E-state index contributed by atoms with van der Waals surface area (Å²) in [6, 6.07) is 9.65. The van der Waals surface area contributed by atoms with E-state index in [1.165, 1.54) is 0 Å². The molecule has 0 N–H and O–H groups in total. The summed E-state index contributed by atoms with van der Waals surface area (Å²) in [5.41, 5.74) is 0.943. The van der Waals surface area contributed by atoms with Gasteiger partial charge in [-0.25, -0.2) is 0 Å². The Morgan fingerprint density at radius 3 is 2.67 bits per heavy atom. The van der Waals surface area contributed by atoms with E-state index in [1.807, 2.05) is 30.3 Å². The molecule has 1 aliphatic heterocycles. The van der Waals surface area contributed by atoms with Crippen LogP contribution in [0.2, 0.25) is 0 Å². The average molecular weight is 222 g/mol. The molecule has 78 valence electrons. The standard InChI is InChI=1S/C12H12ClNO/c13-11(10-5-2-1-3-6-10)9-14-8-4-7-12(14)15/h1-3,5-6,9H,4,7-8H2/b11-9-. The van der Waals surface area contributed by atoms with E-state index in [2.05, 4.69) is 0 Å². The molecule has 1 fully saturated rings. The quantitative estimate of drug-likeness (QED) is 0.752. The van der Waals surface area contributed by atoms with Crippen molar-refractivity contribution in [2.75, 3.05) is 6.54 Å². The molecule has 1 heterocycles. The summed E-state index contributed by atoms with van der Waals surface area (Å²) in [6.07, 6.45) is 3.29. The zero-order valence-corrected chi connectivity index (χ0v) is 9.07. The van der Waals surface area contributed by atoms with Crippen LogP contribution in [-0.2, 0) is 4.79 Å². The first-order valence-electron chi connectivity index (χ1n) is 4.99. The van der Waals surface area contributed by atoms with Gasteiger partial charge in [-0.15, -0.1) is 0 Å². The minimum Gasteiger partial charge on any atom is -0.318 e. The van der Waals surface area contributed by atoms with Gasteiger partial charge < -0.3 is 4.90 Å². The summed E-state index contributed by atoms with van der Waals surface area (Å²) in [5.74, 6) is 0.157. The lowest BCUT2D eigenvalue weighted by molar-refractivity contribution is -0.125. The third-order valence-corrected chi connectivity index (χ3v) is 2.74. The predicted molar refractivity (Wildman–Crippen MR) is 61.2 cm³/mol. The number of nitrogens with zero attached hydrogens (tertiary/aromatic N) is 1. The molecular formula is C12H12ClNO. The highest BCUT2D eigenvalue weighted by atomic mass is 35.5. The molecule has 0 spiro atoms. The number of amides is 1. The Morgan fingerprint density at radius 1 is 1.33 bits per heavy atom. The van der Waals surface area contributed by atoms with Gasteiger partial charge in [0.05, 0.1) is 5.03 Å². The molecule has 0 atom stereocenters. The third-order valence-electron chi connectivity index (χ3n) is 2.43. The summed E-state index contributed by atoms with van der Waals surface area (Å²) >= 11 is 6.12. The van der Waals surface area contributed by atoms with Crippen molar-refractivity contribution in [3.63, 3.8) is 0 Å². The van der Waals surface area contributed by atoms with E-state index in [4.69, 9.17) is 11.6 Å². The zero-order chi connectivity index (χ0) is 10.7. The van der Waals surface area contributed by atoms with Crippen molar-refractivity contribution in [3.05, 3.63) is 42.1 Å². The monoisotopic (exact) mass is 221 g/mol. The molecule has 0 aromatic heterocycles. The van der Waals surface area contributed by atoms with Gasteiger partial charge in [-0.2, -0.15) is 0 Å². The first kappa shape index (κ1) is 10.2. The predicted octanol–water partition coefficient (Wildman–Crippen LogP) is 2.85. The Kier molecular flexibility index (Phi) is 3.07. The van der Waals surface area contributed by atoms with E-state index < -0.39 is 0 Å². The molecule has 0 unspecified atom stereocenters. The van der Waals surface area contributed by atoms with Crippen LogP contribution < -0.4 is 0 Å². The average Bonchev–Trinajstić information content (AvgIpc) is 2.66. The Bertz CT molecular complexity index is 386. The first-order valence-corrected chi connectivity index (χ1v) is 5.37. The van der Waals surface area contributed by atoms with Crippen molar-refractivity contribution in [1.82, 2.24) is 4.90 Å². The number of halogens is 1. The zero-order valence-electron chi connectivity index (χ0n) is 8.32. The number of rotatable bonds is 2. The second-order valence-electron chi connectivity index (χ2n) is 3.53. The van der Waals surface area contributed by atoms with E-state index in [0.29, 0.717) is 11.5 Å². The van der Waals surface area contributed by atoms with Crippen LogP contribution in [0.4, 0.5) is 0 Å². The van der Waals surface area contributed by atoms with Gasteiger partial charge in [-0.1, -0.05) is 41.9 Å². The van der Waals surface area contributed by atoms with Crippen LogP contribution in [-0.4, -0.2) is 17.4 Å². The fourth-order valence-corrected chi connectivity index (χ4v) is 1.86. The van der Waals surface area contributed by atoms with E-state index in [1.54, 1.807) is 11.1 Å². The smallest absolute Gasteiger partial charge is 0.226 e. The summed E-state index contributed by atoms with van der Waals surface area (Å²) in [4.78, 5) is 13.1. The van der Waals surface area contributed by atoms with Crippen LogP contribution in [0, 0.1) is 0 Å². The molecule has 15 heavy (non-hydrogen) atoms. The molecule has 0 bridgehead atoms. The van der Waals surface area contributed by atoms with Crippen LogP contribution >= 0.6 is 11.6 Å². The molecule has 3 heteroatoms. The Labute approximate surface area is 94.2 Å². The molecule has 0 radical (unpaired) electrons. The third kappa shape index (κ3) is 2.39. The van der Waals surface area contributed by atoms with Crippen molar-refractivity contribution < 1.29 is 4.79 Å². The highest BCUT2D eigenvalue weighted by Crippen LogP contribution is 2.21. The number of hydrogen-bond acceptors (Lipinski definition) is 1. The maximum atomic E-state index is 11.4. The van der Waals surface area contributed by atoms with Crippen molar-refractivity contribution in [1.29, 1.82) is 0 Å². The second kappa shape index (κ2) is 4.49. The van der Waals surface area contributed by atoms with Crippen LogP contribution in [0.25, 0.3) is 5.03 Å². The molecule has 2 rings (SSSR count). The molecule has 2 nitrogen and oxygen atoms in total. The molecule has 1 amide bonds. The van der Waals surface area contributed by atoms with Gasteiger partial charge >= 0.3 is 0 Å². The Morgan fingerprint density at radius 2 is 2.07 bits per heavy atom. The van der Waals surface area contributed by atoms with Crippen molar-refractivity contribution in [2.45, 2.75) is 12.8 Å². The van der Waals surface area contributed by atoms with E-state index in [-0.39, 0.29) is 5.91 Å². The van der Waals surface area contributed by atoms with Gasteiger partial charge in [0.2, 0.25) is 5.91 Å². The van der Waals surface area contributed by atoms with Gasteiger partial charge in [0.25, 0.3) is 0 Å². The van der Waals surface area contributed by atoms with Gasteiger partial charge in [0.1, 0.15) is 0 Å². The molecule has 1 saturated heterocycles. The lowest BCUT2D eigenvalue weighted by atomic mass is 10.2. The lowest BCUT2D eigenvalue weighted by Gasteiger charge is -2.10. The van der Waals surface area contributed by atoms with Crippen LogP contribution in [0.15, 0.2) is 36.5 Å². The summed E-state index contributed by atoms with van der Waals surface area (Å²) in [6.45, 7) is 0.780. The van der Waals surface area contributed by atoms with Gasteiger partial charge in [-0.3, -0.25) is 4.79 Å². The molecule has 1 aromatic rings. The fourth-order valence-electron chi connectivity index (χ4n) is 1.61. The van der Waals surface area contributed by atoms with Crippen molar-refractivity contribution in [2.24, 2.45) is 0 Å². The highest BCUT2D eigenvalue weighted by Gasteiger charge is 2.18. The molecular weight excluding hydrogens is 210 g/mol. The second-order valence-corrected chi connectivity index (χ2v) is 3.94. The normalized spacial score (nSPS) is 17.3. The lowest BCUT2D eigenvalue weighted by Crippen LogP contribution is -2.17. The van der Waals surface area contributed by atoms with Crippen molar-refractivity contribution >= 4 is 22.5 Å². The first-order chi connectivity index (χ1) is 7.27. The van der Waals surface area contributed by atoms with Crippen LogP contribution in [0.5, 0.6) is 0 Å². The number of carbonyl (C=O) groups is 1. The summed E-state index contributed by atoms with van der Waals surface area (Å²) in [7, 11) is 0. The molecule has 1 aliphatic rings. The van der Waals surface area contributed by atoms with Crippen molar-refractivity contribution in [3.8, 4) is 0 Å². The van der Waals surface area contributed by atoms with Crippen LogP contribution in [0.1, 0.15) is 18.4 Å². The largest absolute Gasteiger partial charge is 0.318 e. The number of benzene rings is 1. The molecule has 1 aromatic carbocycles. The maximum absolute atomic E-state index is 11.4. The van der Waals surface area contributed by atoms with E-state index >= 15 is 0 Å². The summed E-state index contributed by atoms with van der Waals surface area (Å²) < 4.78 is 0. The molecule has 0 aliphatic carbocycles. The molecule has 0 saturated carbocycles. The van der Waals surface area contributed by atoms with Crippen LogP contribution in [0.3, 0.4) is 0 Å². The summed E-state index contributed by atoms with van der Waals surface area (Å²) in [5, 5.41) is 0.617. The highest BCUT2D eigenvalue weighted by molar-refractivity contribution is 6.48. The maximum Gasteiger partial charge on any atom is 0.226 e. The number of carbonyl (C=O) groups excluding carboxylic acids is 1. The van der Waals surface area contributed by atoms with Gasteiger partial charge in [0, 0.05) is 19.2 Å². The van der Waals surface area contributed by atoms with E-state index in [0.717, 1.165) is 18.5 Å². The SMILES string of the molecule is O=C1CCCN1/C=C(\Cl)c1ccccc1. The number of likely N-dealkylation sites (tertiary alicyclic amines) is 1. The Balaban J connectivity index is 2.17. The minimum atomic E-state index is 0.157. The topological polar surface area (TPSA) is 20.3 Å². The van der Waals surface area contributed by atoms with E-state index in [9.17, 15) is 4.79 Å². The van der Waals surface area contributed by atoms with Gasteiger partial charge in [0.15, 0.2) is 0 Å². The number of hydrogen-bond donors (Lipinski definition) is 0. The Hall–Kier alpha value is -1.28.